The normalized spacial score (nSPS) is 25.7. The van der Waals surface area contributed by atoms with E-state index in [4.69, 9.17) is 5.53 Å². The van der Waals surface area contributed by atoms with Crippen LogP contribution >= 0.6 is 0 Å². The van der Waals surface area contributed by atoms with E-state index < -0.39 is 5.54 Å². The summed E-state index contributed by atoms with van der Waals surface area (Å²) in [6.45, 7) is 12.3. The van der Waals surface area contributed by atoms with Crippen molar-refractivity contribution in [1.82, 2.24) is 4.90 Å². The van der Waals surface area contributed by atoms with E-state index in [0.717, 1.165) is 25.9 Å². The minimum atomic E-state index is -0.391. The third-order valence-electron chi connectivity index (χ3n) is 4.66. The predicted octanol–water partition coefficient (Wildman–Crippen LogP) is 4.58. The van der Waals surface area contributed by atoms with E-state index in [1.807, 2.05) is 24.3 Å². The van der Waals surface area contributed by atoms with Crippen molar-refractivity contribution in [3.63, 3.8) is 0 Å². The van der Waals surface area contributed by atoms with E-state index in [9.17, 15) is 0 Å². The van der Waals surface area contributed by atoms with Gasteiger partial charge in [-0.2, -0.15) is 0 Å². The summed E-state index contributed by atoms with van der Waals surface area (Å²) in [5.41, 5.74) is 10.1. The maximum absolute atomic E-state index is 9.16. The number of allylic oxidation sites excluding steroid dienone is 1. The fraction of sp³-hybridized carbons (Fsp3) is 0.556. The van der Waals surface area contributed by atoms with Crippen molar-refractivity contribution in [2.24, 2.45) is 11.0 Å². The van der Waals surface area contributed by atoms with Gasteiger partial charge in [0, 0.05) is 23.5 Å². The molecular weight excluding hydrogens is 272 g/mol. The maximum atomic E-state index is 9.16. The zero-order valence-electron chi connectivity index (χ0n) is 13.9. The fourth-order valence-corrected chi connectivity index (χ4v) is 3.35. The lowest BCUT2D eigenvalue weighted by Gasteiger charge is -2.33. The summed E-state index contributed by atoms with van der Waals surface area (Å²) < 4.78 is 0. The predicted molar refractivity (Wildman–Crippen MR) is 91.7 cm³/mol. The molecule has 0 amide bonds. The Morgan fingerprint density at radius 2 is 2.09 bits per heavy atom. The lowest BCUT2D eigenvalue weighted by atomic mass is 9.80. The van der Waals surface area contributed by atoms with Crippen LogP contribution in [0.2, 0.25) is 0 Å². The van der Waals surface area contributed by atoms with E-state index in [2.05, 4.69) is 54.4 Å². The highest BCUT2D eigenvalue weighted by atomic mass is 15.3. The van der Waals surface area contributed by atoms with Crippen LogP contribution in [0.1, 0.15) is 32.8 Å². The third-order valence-corrected chi connectivity index (χ3v) is 4.66. The van der Waals surface area contributed by atoms with Crippen molar-refractivity contribution in [1.29, 1.82) is 0 Å². The van der Waals surface area contributed by atoms with Crippen molar-refractivity contribution in [3.8, 4) is 0 Å². The molecule has 0 bridgehead atoms. The van der Waals surface area contributed by atoms with Crippen LogP contribution in [0, 0.1) is 5.92 Å². The molecule has 1 saturated heterocycles. The Hall–Kier alpha value is -1.77. The zero-order chi connectivity index (χ0) is 16.2. The molecule has 0 saturated carbocycles. The van der Waals surface area contributed by atoms with Gasteiger partial charge in [-0.1, -0.05) is 41.5 Å². The van der Waals surface area contributed by atoms with E-state index in [0.29, 0.717) is 5.92 Å². The van der Waals surface area contributed by atoms with Crippen LogP contribution in [-0.2, 0) is 6.42 Å². The average molecular weight is 298 g/mol. The van der Waals surface area contributed by atoms with Gasteiger partial charge in [-0.25, -0.2) is 0 Å². The van der Waals surface area contributed by atoms with Crippen LogP contribution in [0.5, 0.6) is 0 Å². The van der Waals surface area contributed by atoms with Crippen LogP contribution in [0.15, 0.2) is 48.1 Å². The van der Waals surface area contributed by atoms with Gasteiger partial charge >= 0.3 is 0 Å². The first kappa shape index (κ1) is 16.6. The average Bonchev–Trinajstić information content (AvgIpc) is 2.80. The summed E-state index contributed by atoms with van der Waals surface area (Å²) in [5, 5.41) is 4.31. The van der Waals surface area contributed by atoms with Gasteiger partial charge < -0.3 is 0 Å². The molecule has 2 rings (SSSR count). The van der Waals surface area contributed by atoms with Gasteiger partial charge in [0.25, 0.3) is 0 Å². The molecule has 0 N–H and O–H groups in total. The van der Waals surface area contributed by atoms with E-state index >= 15 is 0 Å². The molecule has 1 aromatic rings. The summed E-state index contributed by atoms with van der Waals surface area (Å²) in [7, 11) is 0. The Morgan fingerprint density at radius 3 is 2.64 bits per heavy atom. The van der Waals surface area contributed by atoms with Crippen molar-refractivity contribution in [3.05, 3.63) is 59.0 Å². The van der Waals surface area contributed by atoms with Gasteiger partial charge in [0.2, 0.25) is 0 Å². The van der Waals surface area contributed by atoms with Crippen LogP contribution in [0.3, 0.4) is 0 Å². The summed E-state index contributed by atoms with van der Waals surface area (Å²) in [4.78, 5) is 5.63. The molecule has 1 heterocycles. The SMILES string of the molecule is C=CCC1CN(C(C)(C)C)CC1(Cc1ccccc1)N=[N+]=[N-]. The Bertz CT molecular complexity index is 554. The highest BCUT2D eigenvalue weighted by molar-refractivity contribution is 5.21. The van der Waals surface area contributed by atoms with Gasteiger partial charge in [-0.3, -0.25) is 4.90 Å². The third kappa shape index (κ3) is 3.52. The topological polar surface area (TPSA) is 52.0 Å². The number of benzene rings is 1. The Balaban J connectivity index is 2.37. The summed E-state index contributed by atoms with van der Waals surface area (Å²) in [6.07, 6.45) is 3.60. The Kier molecular flexibility index (Phi) is 4.94. The lowest BCUT2D eigenvalue weighted by molar-refractivity contribution is 0.162. The fourth-order valence-electron chi connectivity index (χ4n) is 3.35. The second-order valence-corrected chi connectivity index (χ2v) is 7.23. The highest BCUT2D eigenvalue weighted by Gasteiger charge is 2.47. The van der Waals surface area contributed by atoms with E-state index in [-0.39, 0.29) is 5.54 Å². The van der Waals surface area contributed by atoms with Crippen molar-refractivity contribution < 1.29 is 0 Å². The quantitative estimate of drug-likeness (QED) is 0.339. The monoisotopic (exact) mass is 298 g/mol. The number of azide groups is 1. The molecule has 1 aliphatic rings. The van der Waals surface area contributed by atoms with Gasteiger partial charge in [-0.05, 0) is 50.6 Å². The molecule has 118 valence electrons. The molecule has 1 fully saturated rings. The minimum absolute atomic E-state index is 0.0723. The first-order valence-corrected chi connectivity index (χ1v) is 7.87. The summed E-state index contributed by atoms with van der Waals surface area (Å²) in [6, 6.07) is 10.3. The molecule has 1 aromatic carbocycles. The van der Waals surface area contributed by atoms with Gasteiger partial charge in [0.05, 0.1) is 5.54 Å². The Labute approximate surface area is 133 Å². The standard InChI is InChI=1S/C18H26N4/c1-5-9-16-13-22(17(2,3)4)14-18(16,20-21-19)12-15-10-7-6-8-11-15/h5-8,10-11,16H,1,9,12-14H2,2-4H3. The molecule has 0 aromatic heterocycles. The minimum Gasteiger partial charge on any atom is -0.297 e. The molecular formula is C18H26N4. The highest BCUT2D eigenvalue weighted by Crippen LogP contribution is 2.40. The number of nitrogens with zero attached hydrogens (tertiary/aromatic N) is 4. The molecule has 4 nitrogen and oxygen atoms in total. The number of likely N-dealkylation sites (tertiary alicyclic amines) is 1. The van der Waals surface area contributed by atoms with Crippen molar-refractivity contribution in [2.75, 3.05) is 13.1 Å². The smallest absolute Gasteiger partial charge is 0.0698 e. The zero-order valence-corrected chi connectivity index (χ0v) is 13.9. The second kappa shape index (κ2) is 6.55. The molecule has 0 aliphatic carbocycles. The molecule has 1 aliphatic heterocycles. The lowest BCUT2D eigenvalue weighted by Crippen LogP contribution is -2.43. The number of hydrogen-bond donors (Lipinski definition) is 0. The largest absolute Gasteiger partial charge is 0.297 e. The molecule has 22 heavy (non-hydrogen) atoms. The van der Waals surface area contributed by atoms with Crippen LogP contribution in [0.25, 0.3) is 10.4 Å². The van der Waals surface area contributed by atoms with Crippen LogP contribution < -0.4 is 0 Å². The Morgan fingerprint density at radius 1 is 1.41 bits per heavy atom. The first-order chi connectivity index (χ1) is 10.4. The molecule has 4 heteroatoms. The molecule has 2 atom stereocenters. The number of rotatable bonds is 5. The van der Waals surface area contributed by atoms with Crippen LogP contribution in [-0.4, -0.2) is 29.1 Å². The molecule has 2 unspecified atom stereocenters. The summed E-state index contributed by atoms with van der Waals surface area (Å²) in [5.74, 6) is 0.306. The van der Waals surface area contributed by atoms with Crippen molar-refractivity contribution >= 4 is 0 Å². The summed E-state index contributed by atoms with van der Waals surface area (Å²) >= 11 is 0. The van der Waals surface area contributed by atoms with Gasteiger partial charge in [0.1, 0.15) is 0 Å². The first-order valence-electron chi connectivity index (χ1n) is 7.87. The molecule has 0 spiro atoms. The van der Waals surface area contributed by atoms with Crippen molar-refractivity contribution in [2.45, 2.75) is 44.7 Å². The maximum Gasteiger partial charge on any atom is 0.0698 e. The second-order valence-electron chi connectivity index (χ2n) is 7.23. The molecule has 0 radical (unpaired) electrons. The van der Waals surface area contributed by atoms with E-state index in [1.165, 1.54) is 5.56 Å². The van der Waals surface area contributed by atoms with Crippen LogP contribution in [0.4, 0.5) is 0 Å². The van der Waals surface area contributed by atoms with E-state index in [1.54, 1.807) is 0 Å². The van der Waals surface area contributed by atoms with Gasteiger partial charge in [0.15, 0.2) is 0 Å². The number of hydrogen-bond acceptors (Lipinski definition) is 2. The van der Waals surface area contributed by atoms with Gasteiger partial charge in [-0.15, -0.1) is 6.58 Å².